The lowest BCUT2D eigenvalue weighted by atomic mass is 10.0. The summed E-state index contributed by atoms with van der Waals surface area (Å²) in [5.41, 5.74) is 7.20. The SMILES string of the molecule is CCCC(C)COc1cc2c(cc1CC(N)CC)OCO2. The zero-order valence-corrected chi connectivity index (χ0v) is 13.4. The summed E-state index contributed by atoms with van der Waals surface area (Å²) in [5.74, 6) is 2.99. The first kappa shape index (κ1) is 16.0. The van der Waals surface area contributed by atoms with E-state index in [0.29, 0.717) is 5.92 Å². The van der Waals surface area contributed by atoms with Crippen molar-refractivity contribution < 1.29 is 14.2 Å². The van der Waals surface area contributed by atoms with Gasteiger partial charge in [0.25, 0.3) is 0 Å². The third-order valence-corrected chi connectivity index (χ3v) is 3.87. The average Bonchev–Trinajstić information content (AvgIpc) is 2.92. The molecule has 118 valence electrons. The van der Waals surface area contributed by atoms with Crippen LogP contribution >= 0.6 is 0 Å². The highest BCUT2D eigenvalue weighted by molar-refractivity contribution is 5.52. The van der Waals surface area contributed by atoms with Gasteiger partial charge in [0.05, 0.1) is 6.61 Å². The summed E-state index contributed by atoms with van der Waals surface area (Å²) in [6.07, 6.45) is 4.10. The highest BCUT2D eigenvalue weighted by Gasteiger charge is 2.19. The predicted octanol–water partition coefficient (Wildman–Crippen LogP) is 3.51. The molecule has 0 aromatic heterocycles. The Morgan fingerprint density at radius 3 is 2.62 bits per heavy atom. The molecule has 0 amide bonds. The van der Waals surface area contributed by atoms with E-state index in [1.165, 1.54) is 12.8 Å². The molecular weight excluding hydrogens is 266 g/mol. The summed E-state index contributed by atoms with van der Waals surface area (Å²) >= 11 is 0. The van der Waals surface area contributed by atoms with E-state index >= 15 is 0 Å². The van der Waals surface area contributed by atoms with Gasteiger partial charge in [0.2, 0.25) is 6.79 Å². The Morgan fingerprint density at radius 2 is 1.95 bits per heavy atom. The smallest absolute Gasteiger partial charge is 0.231 e. The molecule has 2 N–H and O–H groups in total. The normalized spacial score (nSPS) is 15.8. The van der Waals surface area contributed by atoms with Gasteiger partial charge in [-0.3, -0.25) is 0 Å². The van der Waals surface area contributed by atoms with Crippen molar-refractivity contribution in [1.29, 1.82) is 0 Å². The van der Waals surface area contributed by atoms with Crippen LogP contribution in [0.4, 0.5) is 0 Å². The Hall–Kier alpha value is -1.42. The van der Waals surface area contributed by atoms with E-state index < -0.39 is 0 Å². The molecule has 0 bridgehead atoms. The van der Waals surface area contributed by atoms with Crippen LogP contribution in [0.5, 0.6) is 17.2 Å². The minimum absolute atomic E-state index is 0.140. The van der Waals surface area contributed by atoms with Gasteiger partial charge >= 0.3 is 0 Å². The molecule has 1 heterocycles. The molecule has 1 aliphatic heterocycles. The molecule has 0 spiro atoms. The van der Waals surface area contributed by atoms with Crippen LogP contribution in [0.15, 0.2) is 12.1 Å². The first-order chi connectivity index (χ1) is 10.1. The van der Waals surface area contributed by atoms with Crippen LogP contribution in [0.25, 0.3) is 0 Å². The number of fused-ring (bicyclic) bond motifs is 1. The van der Waals surface area contributed by atoms with Crippen molar-refractivity contribution in [2.75, 3.05) is 13.4 Å². The number of rotatable bonds is 8. The van der Waals surface area contributed by atoms with Crippen LogP contribution in [-0.2, 0) is 6.42 Å². The van der Waals surface area contributed by atoms with Crippen molar-refractivity contribution in [3.05, 3.63) is 17.7 Å². The fourth-order valence-electron chi connectivity index (χ4n) is 2.49. The quantitative estimate of drug-likeness (QED) is 0.797. The second-order valence-corrected chi connectivity index (χ2v) is 5.89. The van der Waals surface area contributed by atoms with Crippen LogP contribution in [0.2, 0.25) is 0 Å². The number of nitrogens with two attached hydrogens (primary N) is 1. The minimum atomic E-state index is 0.140. The second kappa shape index (κ2) is 7.55. The van der Waals surface area contributed by atoms with Crippen LogP contribution in [0.1, 0.15) is 45.6 Å². The predicted molar refractivity (Wildman–Crippen MR) is 84.1 cm³/mol. The lowest BCUT2D eigenvalue weighted by molar-refractivity contribution is 0.173. The Labute approximate surface area is 127 Å². The van der Waals surface area contributed by atoms with Gasteiger partial charge in [-0.25, -0.2) is 0 Å². The molecule has 0 radical (unpaired) electrons. The Bertz CT molecular complexity index is 462. The molecular formula is C17H27NO3. The van der Waals surface area contributed by atoms with Crippen molar-refractivity contribution in [1.82, 2.24) is 0 Å². The Morgan fingerprint density at radius 1 is 1.24 bits per heavy atom. The average molecular weight is 293 g/mol. The van der Waals surface area contributed by atoms with Gasteiger partial charge in [-0.05, 0) is 36.8 Å². The van der Waals surface area contributed by atoms with Gasteiger partial charge in [-0.2, -0.15) is 0 Å². The lowest BCUT2D eigenvalue weighted by Crippen LogP contribution is -2.22. The molecule has 4 heteroatoms. The molecule has 2 atom stereocenters. The monoisotopic (exact) mass is 293 g/mol. The molecule has 4 nitrogen and oxygen atoms in total. The standard InChI is InChI=1S/C17H27NO3/c1-4-6-12(3)10-19-15-9-17-16(20-11-21-17)8-13(15)7-14(18)5-2/h8-9,12,14H,4-7,10-11,18H2,1-3H3. The van der Waals surface area contributed by atoms with E-state index in [2.05, 4.69) is 20.8 Å². The van der Waals surface area contributed by atoms with Gasteiger partial charge in [0.1, 0.15) is 5.75 Å². The van der Waals surface area contributed by atoms with Crippen molar-refractivity contribution in [3.63, 3.8) is 0 Å². The Balaban J connectivity index is 2.12. The van der Waals surface area contributed by atoms with E-state index in [4.69, 9.17) is 19.9 Å². The van der Waals surface area contributed by atoms with E-state index in [-0.39, 0.29) is 12.8 Å². The molecule has 0 aliphatic carbocycles. The minimum Gasteiger partial charge on any atom is -0.493 e. The van der Waals surface area contributed by atoms with Gasteiger partial charge < -0.3 is 19.9 Å². The van der Waals surface area contributed by atoms with Crippen molar-refractivity contribution >= 4 is 0 Å². The third-order valence-electron chi connectivity index (χ3n) is 3.87. The zero-order chi connectivity index (χ0) is 15.2. The maximum atomic E-state index is 6.10. The number of hydrogen-bond donors (Lipinski definition) is 1. The Kier molecular flexibility index (Phi) is 5.74. The van der Waals surface area contributed by atoms with Crippen molar-refractivity contribution in [3.8, 4) is 17.2 Å². The van der Waals surface area contributed by atoms with Crippen molar-refractivity contribution in [2.45, 2.75) is 52.5 Å². The van der Waals surface area contributed by atoms with E-state index in [1.54, 1.807) is 0 Å². The van der Waals surface area contributed by atoms with E-state index in [9.17, 15) is 0 Å². The maximum Gasteiger partial charge on any atom is 0.231 e. The van der Waals surface area contributed by atoms with E-state index in [0.717, 1.165) is 42.3 Å². The number of ether oxygens (including phenoxy) is 3. The molecule has 2 unspecified atom stereocenters. The third kappa shape index (κ3) is 4.27. The molecule has 21 heavy (non-hydrogen) atoms. The molecule has 1 aliphatic rings. The highest BCUT2D eigenvalue weighted by atomic mass is 16.7. The molecule has 0 saturated carbocycles. The summed E-state index contributed by atoms with van der Waals surface area (Å²) < 4.78 is 16.9. The summed E-state index contributed by atoms with van der Waals surface area (Å²) in [5, 5.41) is 0. The molecule has 0 saturated heterocycles. The summed E-state index contributed by atoms with van der Waals surface area (Å²) in [6.45, 7) is 7.52. The van der Waals surface area contributed by atoms with Crippen LogP contribution in [-0.4, -0.2) is 19.4 Å². The van der Waals surface area contributed by atoms with Gasteiger partial charge in [-0.1, -0.05) is 27.2 Å². The first-order valence-electron chi connectivity index (χ1n) is 7.94. The lowest BCUT2D eigenvalue weighted by Gasteiger charge is -2.17. The highest BCUT2D eigenvalue weighted by Crippen LogP contribution is 2.38. The summed E-state index contributed by atoms with van der Waals surface area (Å²) in [6, 6.07) is 4.09. The fraction of sp³-hybridized carbons (Fsp3) is 0.647. The van der Waals surface area contributed by atoms with E-state index in [1.807, 2.05) is 12.1 Å². The van der Waals surface area contributed by atoms with Gasteiger partial charge in [-0.15, -0.1) is 0 Å². The number of hydrogen-bond acceptors (Lipinski definition) is 4. The fourth-order valence-corrected chi connectivity index (χ4v) is 2.49. The summed E-state index contributed by atoms with van der Waals surface area (Å²) in [4.78, 5) is 0. The molecule has 1 aromatic carbocycles. The number of benzene rings is 1. The van der Waals surface area contributed by atoms with Crippen LogP contribution < -0.4 is 19.9 Å². The van der Waals surface area contributed by atoms with Crippen molar-refractivity contribution in [2.24, 2.45) is 11.7 Å². The van der Waals surface area contributed by atoms with Gasteiger partial charge in [0, 0.05) is 12.1 Å². The van der Waals surface area contributed by atoms with Gasteiger partial charge in [0.15, 0.2) is 11.5 Å². The largest absolute Gasteiger partial charge is 0.493 e. The molecule has 1 aromatic rings. The molecule has 2 rings (SSSR count). The van der Waals surface area contributed by atoms with Crippen LogP contribution in [0.3, 0.4) is 0 Å². The second-order valence-electron chi connectivity index (χ2n) is 5.89. The first-order valence-corrected chi connectivity index (χ1v) is 7.94. The topological polar surface area (TPSA) is 53.7 Å². The molecule has 0 fully saturated rings. The zero-order valence-electron chi connectivity index (χ0n) is 13.4. The maximum absolute atomic E-state index is 6.10. The summed E-state index contributed by atoms with van der Waals surface area (Å²) in [7, 11) is 0. The van der Waals surface area contributed by atoms with Crippen LogP contribution in [0, 0.1) is 5.92 Å².